The number of thiazole rings is 1. The zero-order valence-corrected chi connectivity index (χ0v) is 9.67. The number of likely N-dealkylation sites (tertiary alicyclic amines) is 1. The van der Waals surface area contributed by atoms with Gasteiger partial charge in [0.1, 0.15) is 5.01 Å². The molecular weight excluding hydrogens is 206 g/mol. The van der Waals surface area contributed by atoms with E-state index in [4.69, 9.17) is 0 Å². The summed E-state index contributed by atoms with van der Waals surface area (Å²) in [6.07, 6.45) is 3.27. The van der Waals surface area contributed by atoms with Gasteiger partial charge in [-0.1, -0.05) is 0 Å². The van der Waals surface area contributed by atoms with Gasteiger partial charge in [0.2, 0.25) is 0 Å². The van der Waals surface area contributed by atoms with Crippen LogP contribution in [-0.4, -0.2) is 36.1 Å². The molecule has 15 heavy (non-hydrogen) atoms. The van der Waals surface area contributed by atoms with Crippen molar-refractivity contribution in [1.29, 1.82) is 0 Å². The lowest BCUT2D eigenvalue weighted by atomic mass is 9.89. The van der Waals surface area contributed by atoms with E-state index in [9.17, 15) is 0 Å². The summed E-state index contributed by atoms with van der Waals surface area (Å²) in [5.74, 6) is 1.83. The first-order valence-electron chi connectivity index (χ1n) is 5.73. The minimum atomic E-state index is 0.888. The molecular formula is C11H17N3S. The molecule has 0 amide bonds. The second-order valence-corrected chi connectivity index (χ2v) is 5.61. The fourth-order valence-electron chi connectivity index (χ4n) is 2.78. The van der Waals surface area contributed by atoms with E-state index in [0.717, 1.165) is 18.4 Å². The summed E-state index contributed by atoms with van der Waals surface area (Å²) in [7, 11) is 0. The third-order valence-electron chi connectivity index (χ3n) is 3.63. The van der Waals surface area contributed by atoms with Crippen molar-refractivity contribution in [2.45, 2.75) is 13.0 Å². The highest BCUT2D eigenvalue weighted by Gasteiger charge is 2.32. The van der Waals surface area contributed by atoms with Crippen molar-refractivity contribution in [3.05, 3.63) is 16.6 Å². The van der Waals surface area contributed by atoms with Crippen molar-refractivity contribution in [2.75, 3.05) is 26.2 Å². The molecule has 1 aromatic heterocycles. The van der Waals surface area contributed by atoms with E-state index in [0.29, 0.717) is 0 Å². The molecule has 2 aliphatic rings. The first kappa shape index (κ1) is 9.75. The molecule has 82 valence electrons. The summed E-state index contributed by atoms with van der Waals surface area (Å²) in [6, 6.07) is 0. The van der Waals surface area contributed by atoms with Crippen LogP contribution >= 0.6 is 11.3 Å². The van der Waals surface area contributed by atoms with Crippen molar-refractivity contribution in [1.82, 2.24) is 15.2 Å². The third-order valence-corrected chi connectivity index (χ3v) is 4.40. The smallest absolute Gasteiger partial charge is 0.107 e. The minimum Gasteiger partial charge on any atom is -0.316 e. The van der Waals surface area contributed by atoms with Crippen LogP contribution in [0.2, 0.25) is 0 Å². The van der Waals surface area contributed by atoms with Crippen LogP contribution in [0.1, 0.15) is 11.4 Å². The summed E-state index contributed by atoms with van der Waals surface area (Å²) >= 11 is 1.77. The molecule has 2 saturated heterocycles. The molecule has 1 aromatic rings. The van der Waals surface area contributed by atoms with Crippen LogP contribution in [0.5, 0.6) is 0 Å². The highest BCUT2D eigenvalue weighted by molar-refractivity contribution is 7.09. The number of hydrogen-bond donors (Lipinski definition) is 1. The molecule has 3 heterocycles. The van der Waals surface area contributed by atoms with Crippen LogP contribution in [0, 0.1) is 11.8 Å². The first-order valence-corrected chi connectivity index (χ1v) is 6.61. The highest BCUT2D eigenvalue weighted by atomic mass is 32.1. The maximum absolute atomic E-state index is 4.36. The van der Waals surface area contributed by atoms with Gasteiger partial charge in [0.15, 0.2) is 0 Å². The van der Waals surface area contributed by atoms with Crippen molar-refractivity contribution >= 4 is 11.3 Å². The number of nitrogens with one attached hydrogen (secondary N) is 1. The van der Waals surface area contributed by atoms with Gasteiger partial charge >= 0.3 is 0 Å². The molecule has 2 unspecified atom stereocenters. The standard InChI is InChI=1S/C11H17N3S/c1-3-14(8-11-13-2-4-15-11)7-10-6-12-5-9(1)10/h2,4,9-10,12H,1,3,5-8H2. The Morgan fingerprint density at radius 2 is 2.40 bits per heavy atom. The van der Waals surface area contributed by atoms with E-state index in [-0.39, 0.29) is 0 Å². The topological polar surface area (TPSA) is 28.2 Å². The van der Waals surface area contributed by atoms with Crippen molar-refractivity contribution in [3.8, 4) is 0 Å². The van der Waals surface area contributed by atoms with Crippen molar-refractivity contribution in [3.63, 3.8) is 0 Å². The maximum atomic E-state index is 4.36. The van der Waals surface area contributed by atoms with Gasteiger partial charge in [0.25, 0.3) is 0 Å². The van der Waals surface area contributed by atoms with E-state index in [1.165, 1.54) is 37.6 Å². The Kier molecular flexibility index (Phi) is 2.73. The Balaban J connectivity index is 1.59. The van der Waals surface area contributed by atoms with Gasteiger partial charge in [-0.3, -0.25) is 4.90 Å². The van der Waals surface area contributed by atoms with Crippen LogP contribution in [0.25, 0.3) is 0 Å². The summed E-state index contributed by atoms with van der Waals surface area (Å²) in [5.41, 5.74) is 0. The molecule has 0 aromatic carbocycles. The number of hydrogen-bond acceptors (Lipinski definition) is 4. The molecule has 2 atom stereocenters. The van der Waals surface area contributed by atoms with E-state index in [1.807, 2.05) is 6.20 Å². The van der Waals surface area contributed by atoms with Crippen molar-refractivity contribution in [2.24, 2.45) is 11.8 Å². The third kappa shape index (κ3) is 2.07. The van der Waals surface area contributed by atoms with Crippen LogP contribution < -0.4 is 5.32 Å². The number of aromatic nitrogens is 1. The predicted molar refractivity (Wildman–Crippen MR) is 61.9 cm³/mol. The van der Waals surface area contributed by atoms with E-state index in [2.05, 4.69) is 20.6 Å². The lowest BCUT2D eigenvalue weighted by molar-refractivity contribution is 0.142. The van der Waals surface area contributed by atoms with Gasteiger partial charge in [0, 0.05) is 18.1 Å². The second-order valence-electron chi connectivity index (χ2n) is 4.63. The molecule has 0 bridgehead atoms. The van der Waals surface area contributed by atoms with Crippen LogP contribution in [0.4, 0.5) is 0 Å². The summed E-state index contributed by atoms with van der Waals surface area (Å²) in [5, 5.41) is 6.84. The average Bonchev–Trinajstić information content (AvgIpc) is 2.87. The molecule has 0 saturated carbocycles. The largest absolute Gasteiger partial charge is 0.316 e. The fourth-order valence-corrected chi connectivity index (χ4v) is 3.43. The lowest BCUT2D eigenvalue weighted by Crippen LogP contribution is -2.39. The Bertz CT molecular complexity index is 312. The number of fused-ring (bicyclic) bond motifs is 1. The highest BCUT2D eigenvalue weighted by Crippen LogP contribution is 2.27. The number of nitrogens with zero attached hydrogens (tertiary/aromatic N) is 2. The minimum absolute atomic E-state index is 0.888. The molecule has 0 aliphatic carbocycles. The summed E-state index contributed by atoms with van der Waals surface area (Å²) in [6.45, 7) is 6.04. The van der Waals surface area contributed by atoms with Crippen LogP contribution in [0.15, 0.2) is 11.6 Å². The molecule has 1 N–H and O–H groups in total. The number of piperidine rings is 1. The van der Waals surface area contributed by atoms with Gasteiger partial charge in [-0.25, -0.2) is 4.98 Å². The molecule has 0 radical (unpaired) electrons. The molecule has 2 fully saturated rings. The normalized spacial score (nSPS) is 31.7. The number of rotatable bonds is 2. The lowest BCUT2D eigenvalue weighted by Gasteiger charge is -2.33. The Hall–Kier alpha value is -0.450. The van der Waals surface area contributed by atoms with Crippen LogP contribution in [0.3, 0.4) is 0 Å². The maximum Gasteiger partial charge on any atom is 0.107 e. The quantitative estimate of drug-likeness (QED) is 0.816. The Morgan fingerprint density at radius 1 is 1.47 bits per heavy atom. The predicted octanol–water partition coefficient (Wildman–Crippen LogP) is 1.18. The second kappa shape index (κ2) is 4.20. The van der Waals surface area contributed by atoms with Gasteiger partial charge in [-0.15, -0.1) is 11.3 Å². The van der Waals surface area contributed by atoms with Gasteiger partial charge < -0.3 is 5.32 Å². The first-order chi connectivity index (χ1) is 7.42. The molecule has 3 nitrogen and oxygen atoms in total. The molecule has 4 heteroatoms. The van der Waals surface area contributed by atoms with Gasteiger partial charge in [-0.05, 0) is 37.9 Å². The van der Waals surface area contributed by atoms with E-state index in [1.54, 1.807) is 11.3 Å². The summed E-state index contributed by atoms with van der Waals surface area (Å²) < 4.78 is 0. The average molecular weight is 223 g/mol. The fraction of sp³-hybridized carbons (Fsp3) is 0.727. The van der Waals surface area contributed by atoms with Crippen LogP contribution in [-0.2, 0) is 6.54 Å². The molecule has 2 aliphatic heterocycles. The van der Waals surface area contributed by atoms with E-state index < -0.39 is 0 Å². The van der Waals surface area contributed by atoms with E-state index >= 15 is 0 Å². The summed E-state index contributed by atoms with van der Waals surface area (Å²) in [4.78, 5) is 6.92. The zero-order valence-electron chi connectivity index (χ0n) is 8.85. The Labute approximate surface area is 94.5 Å². The molecule has 3 rings (SSSR count). The Morgan fingerprint density at radius 3 is 3.27 bits per heavy atom. The SMILES string of the molecule is c1csc(CN2CCC3CNCC3C2)n1. The molecule has 0 spiro atoms. The van der Waals surface area contributed by atoms with Gasteiger partial charge in [0.05, 0.1) is 6.54 Å². The monoisotopic (exact) mass is 223 g/mol. The zero-order chi connectivity index (χ0) is 10.1. The van der Waals surface area contributed by atoms with Crippen molar-refractivity contribution < 1.29 is 0 Å². The van der Waals surface area contributed by atoms with Gasteiger partial charge in [-0.2, -0.15) is 0 Å².